The molecule has 3 fully saturated rings. The standard InChI is InChI=1S/C10H8N2.2C8H11N.C6H14N2.C6H13N.C5H8N2.C5H11NO.3C5H5N.C3H9N.2C3H8.8C2H6.CH4/c1-3-7-11-9(5-1)10-6-2-4-8-12-10;2*1-9(2)8-6-4-3-5-7-8;1-7-3-5-8(2)6-4-7;1-7-5-3-2-4-6-7;1-5-6-3-4-7(5)2;1-6-2-4-7-5-3-6;3*1-2-4-6-5-3-1;1-4(2)3;2*1-3-2;8*1-2;/h1-8H;2*3-7H,1-2H3;3-6H2,1-2H3;2-6H2,1H3;3-4H,1-2H3;2-5H2,1H3;3*1-5H;1-3H3;2*3H2,1-2H3;8*1-2H3;1H4. The van der Waals surface area contributed by atoms with E-state index in [0.29, 0.717) is 0 Å². The van der Waals surface area contributed by atoms with Gasteiger partial charge in [-0.25, -0.2) is 4.98 Å². The Balaban J connectivity index is -0.0000000994. The van der Waals surface area contributed by atoms with Gasteiger partial charge in [0.1, 0.15) is 5.82 Å². The number of aryl methyl sites for hydroxylation is 2. The van der Waals surface area contributed by atoms with Gasteiger partial charge in [0, 0.05) is 148 Å². The number of likely N-dealkylation sites (N-methyl/N-ethyl adjacent to an activating group) is 3. The molecule has 0 unspecified atom stereocenters. The molecule has 0 N–H and O–H groups in total. The van der Waals surface area contributed by atoms with Crippen molar-refractivity contribution >= 4 is 11.4 Å². The number of ether oxygens (including phenoxy) is 1. The molecule has 0 bridgehead atoms. The molecule has 8 aromatic rings. The first kappa shape index (κ1) is 121. The van der Waals surface area contributed by atoms with Crippen LogP contribution in [0.25, 0.3) is 11.4 Å². The van der Waals surface area contributed by atoms with Crippen LogP contribution in [-0.4, -0.2) is 202 Å². The van der Waals surface area contributed by atoms with E-state index < -0.39 is 0 Å². The minimum atomic E-state index is 0. The third-order valence-electron chi connectivity index (χ3n) is 11.4. The van der Waals surface area contributed by atoms with Crippen LogP contribution in [0, 0.1) is 6.92 Å². The number of nitrogens with zero attached hydrogens (tertiary/aromatic N) is 14. The SMILES string of the molecule is C.CC.CC.CC.CC.CC.CC.CC.CC.CCC.CCC.CN(C)C.CN(C)c1ccccc1.CN(C)c1ccccc1.CN1CCCCC1.CN1CCN(C)CC1.CN1CCOCC1.Cc1nccn1C.c1ccc(-c2ccccn2)nc1.c1ccncc1.c1ccncc1.c1ccncc1. The molecule has 3 aliphatic rings. The lowest BCUT2D eigenvalue weighted by molar-refractivity contribution is 0.0503. The van der Waals surface area contributed by atoms with Crippen molar-refractivity contribution in [2.75, 3.05) is 153 Å². The summed E-state index contributed by atoms with van der Waals surface area (Å²) in [7, 11) is 24.8. The lowest BCUT2D eigenvalue weighted by Crippen LogP contribution is -2.42. The van der Waals surface area contributed by atoms with Crippen LogP contribution in [0.3, 0.4) is 0 Å². The van der Waals surface area contributed by atoms with Crippen LogP contribution < -0.4 is 9.80 Å². The van der Waals surface area contributed by atoms with Crippen molar-refractivity contribution in [3.8, 4) is 11.4 Å². The van der Waals surface area contributed by atoms with Crippen molar-refractivity contribution in [2.24, 2.45) is 7.05 Å². The highest BCUT2D eigenvalue weighted by molar-refractivity contribution is 5.52. The number of piperidine rings is 1. The van der Waals surface area contributed by atoms with Gasteiger partial charge in [-0.15, -0.1) is 0 Å². The maximum absolute atomic E-state index is 5.10. The number of para-hydroxylation sites is 2. The molecule has 6 aromatic heterocycles. The smallest absolute Gasteiger partial charge is 0.105 e. The summed E-state index contributed by atoms with van der Waals surface area (Å²) in [5.41, 5.74) is 4.33. The lowest BCUT2D eigenvalue weighted by Gasteiger charge is -2.28. The van der Waals surface area contributed by atoms with Crippen LogP contribution in [0.5, 0.6) is 0 Å². The second-order valence-electron chi connectivity index (χ2n) is 21.2. The fourth-order valence-electron chi connectivity index (χ4n) is 6.47. The minimum Gasteiger partial charge on any atom is -0.379 e. The summed E-state index contributed by atoms with van der Waals surface area (Å²) < 4.78 is 7.07. The third kappa shape index (κ3) is 101. The van der Waals surface area contributed by atoms with Crippen molar-refractivity contribution < 1.29 is 4.74 Å². The van der Waals surface area contributed by atoms with Gasteiger partial charge in [0.2, 0.25) is 0 Å². The van der Waals surface area contributed by atoms with Gasteiger partial charge >= 0.3 is 0 Å². The molecule has 0 amide bonds. The van der Waals surface area contributed by atoms with Crippen LogP contribution >= 0.6 is 0 Å². The summed E-state index contributed by atoms with van der Waals surface area (Å²) in [4.78, 5) is 39.3. The molecule has 0 aliphatic carbocycles. The fourth-order valence-corrected chi connectivity index (χ4v) is 6.47. The molecule has 0 atom stereocenters. The van der Waals surface area contributed by atoms with Gasteiger partial charge in [-0.3, -0.25) is 24.9 Å². The average Bonchev–Trinajstić information content (AvgIpc) is 1.05. The second kappa shape index (κ2) is 109. The first-order valence-corrected chi connectivity index (χ1v) is 38.7. The van der Waals surface area contributed by atoms with Gasteiger partial charge in [-0.1, -0.05) is 232 Å². The number of anilines is 2. The predicted molar refractivity (Wildman–Crippen MR) is 473 cm³/mol. The topological polar surface area (TPSA) is 114 Å². The van der Waals surface area contributed by atoms with Crippen molar-refractivity contribution in [3.05, 3.63) is 219 Å². The Morgan fingerprint density at radius 3 is 0.702 bits per heavy atom. The van der Waals surface area contributed by atoms with E-state index in [4.69, 9.17) is 4.74 Å². The number of hydrogen-bond donors (Lipinski definition) is 0. The van der Waals surface area contributed by atoms with Gasteiger partial charge in [0.15, 0.2) is 0 Å². The quantitative estimate of drug-likeness (QED) is 0.167. The molecule has 2 aromatic carbocycles. The van der Waals surface area contributed by atoms with E-state index in [1.807, 2.05) is 317 Å². The van der Waals surface area contributed by atoms with Gasteiger partial charge in [0.05, 0.1) is 24.6 Å². The monoisotopic (exact) mass is 1450 g/mol. The molecule has 3 saturated heterocycles. The zero-order valence-electron chi connectivity index (χ0n) is 73.0. The molecular formula is C89H168N14O. The summed E-state index contributed by atoms with van der Waals surface area (Å²) in [6, 6.07) is 49.3. The Bertz CT molecular complexity index is 2220. The van der Waals surface area contributed by atoms with Crippen molar-refractivity contribution in [1.29, 1.82) is 0 Å². The summed E-state index contributed by atoms with van der Waals surface area (Å²) in [5.74, 6) is 1.06. The molecule has 11 rings (SSSR count). The zero-order valence-corrected chi connectivity index (χ0v) is 73.0. The Hall–Kier alpha value is -7.24. The molecule has 9 heterocycles. The first-order valence-electron chi connectivity index (χ1n) is 38.7. The third-order valence-corrected chi connectivity index (χ3v) is 11.4. The maximum Gasteiger partial charge on any atom is 0.105 e. The van der Waals surface area contributed by atoms with Crippen LogP contribution in [0.2, 0.25) is 0 Å². The molecule has 3 aliphatic heterocycles. The number of morpholine rings is 1. The van der Waals surface area contributed by atoms with E-state index in [1.54, 1.807) is 55.8 Å². The highest BCUT2D eigenvalue weighted by Gasteiger charge is 2.08. The van der Waals surface area contributed by atoms with E-state index in [0.717, 1.165) is 43.5 Å². The Kier molecular flexibility index (Phi) is 127. The van der Waals surface area contributed by atoms with Crippen LogP contribution in [0.4, 0.5) is 11.4 Å². The van der Waals surface area contributed by atoms with Crippen LogP contribution in [0.1, 0.15) is 184 Å². The highest BCUT2D eigenvalue weighted by Crippen LogP contribution is 2.11. The minimum absolute atomic E-state index is 0. The Morgan fingerprint density at radius 1 is 0.317 bits per heavy atom. The van der Waals surface area contributed by atoms with Crippen LogP contribution in [0.15, 0.2) is 214 Å². The number of likely N-dealkylation sites (tertiary alicyclic amines) is 1. The molecule has 15 heteroatoms. The van der Waals surface area contributed by atoms with Crippen molar-refractivity contribution in [3.63, 3.8) is 0 Å². The number of benzene rings is 2. The number of hydrogen-bond acceptors (Lipinski definition) is 14. The van der Waals surface area contributed by atoms with E-state index >= 15 is 0 Å². The second-order valence-corrected chi connectivity index (χ2v) is 21.2. The zero-order chi connectivity index (χ0) is 80.8. The summed E-state index contributed by atoms with van der Waals surface area (Å²) in [6.07, 6.45) is 24.5. The lowest BCUT2D eigenvalue weighted by atomic mass is 10.1. The van der Waals surface area contributed by atoms with E-state index in [-0.39, 0.29) is 7.43 Å². The van der Waals surface area contributed by atoms with Gasteiger partial charge in [0.25, 0.3) is 0 Å². The molecule has 104 heavy (non-hydrogen) atoms. The molecule has 0 radical (unpaired) electrons. The first-order chi connectivity index (χ1) is 50.0. The molecular weight excluding hydrogens is 1280 g/mol. The van der Waals surface area contributed by atoms with Crippen LogP contribution in [-0.2, 0) is 11.8 Å². The van der Waals surface area contributed by atoms with E-state index in [2.05, 4.69) is 139 Å². The highest BCUT2D eigenvalue weighted by atomic mass is 16.5. The van der Waals surface area contributed by atoms with Gasteiger partial charge in [-0.05, 0) is 167 Å². The van der Waals surface area contributed by atoms with Gasteiger partial charge < -0.3 is 43.6 Å². The number of pyridine rings is 5. The molecule has 15 nitrogen and oxygen atoms in total. The largest absolute Gasteiger partial charge is 0.379 e. The van der Waals surface area contributed by atoms with Crippen molar-refractivity contribution in [1.82, 2.24) is 59.0 Å². The number of imidazole rings is 1. The Labute approximate surface area is 647 Å². The summed E-state index contributed by atoms with van der Waals surface area (Å²) in [5, 5.41) is 0. The van der Waals surface area contributed by atoms with E-state index in [9.17, 15) is 0 Å². The Morgan fingerprint density at radius 2 is 0.558 bits per heavy atom. The van der Waals surface area contributed by atoms with E-state index in [1.165, 1.54) is 82.7 Å². The van der Waals surface area contributed by atoms with Crippen molar-refractivity contribution in [2.45, 2.75) is 185 Å². The van der Waals surface area contributed by atoms with Gasteiger partial charge in [-0.2, -0.15) is 0 Å². The molecule has 0 saturated carbocycles. The average molecular weight is 1450 g/mol. The number of piperazine rings is 1. The summed E-state index contributed by atoms with van der Waals surface area (Å²) >= 11 is 0. The predicted octanol–water partition coefficient (Wildman–Crippen LogP) is 22.4. The summed E-state index contributed by atoms with van der Waals surface area (Å²) in [6.45, 7) is 54.1. The molecule has 600 valence electrons. The normalized spacial score (nSPS) is 11.3. The fraction of sp³-hybridized carbons (Fsp3) is 0.551. The number of aromatic nitrogens is 7. The molecule has 0 spiro atoms. The number of rotatable bonds is 3. The maximum atomic E-state index is 5.10.